The van der Waals surface area contributed by atoms with Crippen molar-refractivity contribution in [2.75, 3.05) is 6.54 Å². The molecule has 4 rings (SSSR count). The highest BCUT2D eigenvalue weighted by Gasteiger charge is 2.43. The molecule has 0 radical (unpaired) electrons. The highest BCUT2D eigenvalue weighted by Crippen LogP contribution is 2.40. The van der Waals surface area contributed by atoms with Crippen molar-refractivity contribution in [3.05, 3.63) is 72.3 Å². The van der Waals surface area contributed by atoms with Crippen molar-refractivity contribution in [2.24, 2.45) is 5.41 Å². The van der Waals surface area contributed by atoms with Crippen LogP contribution in [0.3, 0.4) is 0 Å². The summed E-state index contributed by atoms with van der Waals surface area (Å²) in [6.45, 7) is 8.18. The quantitative estimate of drug-likeness (QED) is 0.361. The summed E-state index contributed by atoms with van der Waals surface area (Å²) in [6, 6.07) is 21.9. The fraction of sp³-hybridized carbons (Fsp3) is 0.516. The maximum Gasteiger partial charge on any atom is 0.329 e. The average Bonchev–Trinajstić information content (AvgIpc) is 3.41. The van der Waals surface area contributed by atoms with Gasteiger partial charge in [-0.25, -0.2) is 4.79 Å². The smallest absolute Gasteiger partial charge is 0.329 e. The van der Waals surface area contributed by atoms with Crippen LogP contribution in [-0.4, -0.2) is 41.3 Å². The normalized spacial score (nSPS) is 23.8. The van der Waals surface area contributed by atoms with E-state index in [4.69, 9.17) is 4.74 Å². The van der Waals surface area contributed by atoms with E-state index in [-0.39, 0.29) is 17.5 Å². The summed E-state index contributed by atoms with van der Waals surface area (Å²) in [5, 5.41) is 0. The molecule has 2 fully saturated rings. The number of carbonyl (C=O) groups is 3. The molecular formula is C31H41NO4. The van der Waals surface area contributed by atoms with E-state index in [1.165, 1.54) is 10.5 Å². The van der Waals surface area contributed by atoms with Gasteiger partial charge in [-0.3, -0.25) is 9.59 Å². The number of nitrogens with zero attached hydrogens (tertiary/aromatic N) is 1. The Morgan fingerprint density at radius 1 is 0.917 bits per heavy atom. The second-order valence-corrected chi connectivity index (χ2v) is 10.9. The number of ether oxygens (including phenoxy) is 1. The Morgan fingerprint density at radius 3 is 1.97 bits per heavy atom. The standard InChI is InChI=1S/C25H35NO4.C6H6/c1-5-24(2,3)21(27)22(28)26-17-9-12-20(26)23(29)30-19-13-15-25(4,16-14-19)18-10-7-6-8-11-18;1-2-4-6-5-3-1/h6-8,10-11,19-20H,5,9,12-17H2,1-4H3;1-6H. The summed E-state index contributed by atoms with van der Waals surface area (Å²) < 4.78 is 5.83. The summed E-state index contributed by atoms with van der Waals surface area (Å²) in [5.74, 6) is -1.31. The molecule has 1 aliphatic heterocycles. The van der Waals surface area contributed by atoms with Crippen LogP contribution in [0.25, 0.3) is 0 Å². The number of carbonyl (C=O) groups excluding carboxylic acids is 3. The van der Waals surface area contributed by atoms with E-state index in [9.17, 15) is 14.4 Å². The van der Waals surface area contributed by atoms with Crippen LogP contribution < -0.4 is 0 Å². The van der Waals surface area contributed by atoms with Crippen molar-refractivity contribution in [2.45, 2.75) is 90.2 Å². The molecule has 1 unspecified atom stereocenters. The van der Waals surface area contributed by atoms with Crippen molar-refractivity contribution in [3.8, 4) is 0 Å². The Kier molecular flexibility index (Phi) is 9.47. The summed E-state index contributed by atoms with van der Waals surface area (Å²) >= 11 is 0. The van der Waals surface area contributed by atoms with Gasteiger partial charge in [0.05, 0.1) is 0 Å². The van der Waals surface area contributed by atoms with Crippen LogP contribution in [0, 0.1) is 5.41 Å². The van der Waals surface area contributed by atoms with E-state index in [1.807, 2.05) is 49.4 Å². The number of benzene rings is 2. The first-order valence-electron chi connectivity index (χ1n) is 13.3. The number of Topliss-reactive ketones (excluding diaryl/α,β-unsaturated/α-hetero) is 1. The lowest BCUT2D eigenvalue weighted by Gasteiger charge is -2.38. The van der Waals surface area contributed by atoms with Gasteiger partial charge < -0.3 is 9.64 Å². The summed E-state index contributed by atoms with van der Waals surface area (Å²) in [4.78, 5) is 39.7. The van der Waals surface area contributed by atoms with Crippen LogP contribution in [0.2, 0.25) is 0 Å². The maximum atomic E-state index is 12.9. The van der Waals surface area contributed by atoms with Crippen LogP contribution >= 0.6 is 0 Å². The Morgan fingerprint density at radius 2 is 1.44 bits per heavy atom. The van der Waals surface area contributed by atoms with Crippen molar-refractivity contribution in [1.29, 1.82) is 0 Å². The molecule has 1 heterocycles. The zero-order valence-corrected chi connectivity index (χ0v) is 22.2. The third-order valence-corrected chi connectivity index (χ3v) is 7.93. The highest BCUT2D eigenvalue weighted by molar-refractivity contribution is 6.38. The number of hydrogen-bond acceptors (Lipinski definition) is 4. The third kappa shape index (κ3) is 6.83. The molecule has 0 aromatic heterocycles. The highest BCUT2D eigenvalue weighted by atomic mass is 16.5. The molecular weight excluding hydrogens is 450 g/mol. The topological polar surface area (TPSA) is 63.7 Å². The van der Waals surface area contributed by atoms with Gasteiger partial charge >= 0.3 is 5.97 Å². The van der Waals surface area contributed by atoms with Crippen LogP contribution in [0.5, 0.6) is 0 Å². The largest absolute Gasteiger partial charge is 0.461 e. The molecule has 2 aliphatic rings. The van der Waals surface area contributed by atoms with Gasteiger partial charge in [-0.2, -0.15) is 0 Å². The van der Waals surface area contributed by atoms with Crippen LogP contribution in [0.15, 0.2) is 66.7 Å². The molecule has 0 spiro atoms. The minimum Gasteiger partial charge on any atom is -0.461 e. The van der Waals surface area contributed by atoms with Gasteiger partial charge in [-0.15, -0.1) is 0 Å². The van der Waals surface area contributed by atoms with Gasteiger partial charge in [0.15, 0.2) is 0 Å². The molecule has 1 aliphatic carbocycles. The molecule has 2 aromatic carbocycles. The molecule has 0 N–H and O–H groups in total. The van der Waals surface area contributed by atoms with Crippen LogP contribution in [0.4, 0.5) is 0 Å². The van der Waals surface area contributed by atoms with E-state index >= 15 is 0 Å². The molecule has 1 amide bonds. The fourth-order valence-corrected chi connectivity index (χ4v) is 4.94. The van der Waals surface area contributed by atoms with Crippen LogP contribution in [-0.2, 0) is 24.5 Å². The molecule has 1 saturated heterocycles. The first kappa shape index (κ1) is 27.6. The molecule has 194 valence electrons. The van der Waals surface area contributed by atoms with Gasteiger partial charge in [0, 0.05) is 12.0 Å². The summed E-state index contributed by atoms with van der Waals surface area (Å²) in [5.41, 5.74) is 0.733. The van der Waals surface area contributed by atoms with Crippen molar-refractivity contribution in [1.82, 2.24) is 4.90 Å². The Labute approximate surface area is 216 Å². The predicted molar refractivity (Wildman–Crippen MR) is 142 cm³/mol. The second-order valence-electron chi connectivity index (χ2n) is 10.9. The van der Waals surface area contributed by atoms with E-state index in [1.54, 1.807) is 13.8 Å². The molecule has 36 heavy (non-hydrogen) atoms. The van der Waals surface area contributed by atoms with E-state index in [0.29, 0.717) is 19.4 Å². The fourth-order valence-electron chi connectivity index (χ4n) is 4.94. The average molecular weight is 492 g/mol. The maximum absolute atomic E-state index is 12.9. The lowest BCUT2D eigenvalue weighted by atomic mass is 9.70. The molecule has 1 saturated carbocycles. The number of hydrogen-bond donors (Lipinski definition) is 0. The Hall–Kier alpha value is -2.95. The minimum atomic E-state index is -0.709. The zero-order chi connectivity index (χ0) is 26.2. The number of esters is 1. The predicted octanol–water partition coefficient (Wildman–Crippen LogP) is 6.11. The van der Waals surface area contributed by atoms with Crippen molar-refractivity contribution < 1.29 is 19.1 Å². The van der Waals surface area contributed by atoms with Gasteiger partial charge in [0.2, 0.25) is 5.78 Å². The van der Waals surface area contributed by atoms with Gasteiger partial charge in [0.25, 0.3) is 5.91 Å². The molecule has 1 atom stereocenters. The van der Waals surface area contributed by atoms with Gasteiger partial charge in [0.1, 0.15) is 12.1 Å². The number of ketones is 1. The lowest BCUT2D eigenvalue weighted by Crippen LogP contribution is -2.48. The zero-order valence-electron chi connectivity index (χ0n) is 22.2. The minimum absolute atomic E-state index is 0.109. The molecule has 2 aromatic rings. The lowest BCUT2D eigenvalue weighted by molar-refractivity contribution is -0.162. The van der Waals surface area contributed by atoms with E-state index < -0.39 is 23.1 Å². The van der Waals surface area contributed by atoms with Crippen molar-refractivity contribution >= 4 is 17.7 Å². The van der Waals surface area contributed by atoms with E-state index in [2.05, 4.69) is 31.2 Å². The van der Waals surface area contributed by atoms with Gasteiger partial charge in [-0.1, -0.05) is 94.4 Å². The molecule has 5 nitrogen and oxygen atoms in total. The first-order valence-corrected chi connectivity index (χ1v) is 13.3. The Bertz CT molecular complexity index is 967. The monoisotopic (exact) mass is 491 g/mol. The molecule has 0 bridgehead atoms. The summed E-state index contributed by atoms with van der Waals surface area (Å²) in [6.07, 6.45) is 5.33. The Balaban J connectivity index is 0.000000526. The number of amides is 1. The number of likely N-dealkylation sites (tertiary alicyclic amines) is 1. The van der Waals surface area contributed by atoms with E-state index in [0.717, 1.165) is 32.1 Å². The van der Waals surface area contributed by atoms with Crippen molar-refractivity contribution in [3.63, 3.8) is 0 Å². The summed E-state index contributed by atoms with van der Waals surface area (Å²) in [7, 11) is 0. The SMILES string of the molecule is CCC(C)(C)C(=O)C(=O)N1CCCC1C(=O)OC1CCC(C)(c2ccccc2)CC1.c1ccccc1. The molecule has 5 heteroatoms. The van der Waals surface area contributed by atoms with Gasteiger partial charge in [-0.05, 0) is 55.9 Å². The number of rotatable bonds is 6. The van der Waals surface area contributed by atoms with Crippen LogP contribution in [0.1, 0.15) is 78.2 Å². The second kappa shape index (κ2) is 12.3. The first-order chi connectivity index (χ1) is 17.2. The third-order valence-electron chi connectivity index (χ3n) is 7.93.